The van der Waals surface area contributed by atoms with E-state index in [1.165, 1.54) is 11.3 Å². The van der Waals surface area contributed by atoms with Gasteiger partial charge in [0.1, 0.15) is 11.9 Å². The lowest BCUT2D eigenvalue weighted by atomic mass is 10.1. The van der Waals surface area contributed by atoms with Gasteiger partial charge >= 0.3 is 0 Å². The van der Waals surface area contributed by atoms with E-state index in [1.54, 1.807) is 19.6 Å². The van der Waals surface area contributed by atoms with Crippen molar-refractivity contribution in [1.82, 2.24) is 14.5 Å². The molecule has 0 saturated carbocycles. The number of thiazole rings is 1. The van der Waals surface area contributed by atoms with Crippen molar-refractivity contribution in [2.24, 2.45) is 0 Å². The zero-order valence-electron chi connectivity index (χ0n) is 15.5. The Bertz CT molecular complexity index is 1070. The topological polar surface area (TPSA) is 72.2 Å². The van der Waals surface area contributed by atoms with Crippen LogP contribution in [0.1, 0.15) is 22.2 Å². The maximum atomic E-state index is 10.5. The number of hydrogen-bond acceptors (Lipinski definition) is 6. The summed E-state index contributed by atoms with van der Waals surface area (Å²) in [4.78, 5) is 9.43. The van der Waals surface area contributed by atoms with Crippen molar-refractivity contribution in [2.45, 2.75) is 13.0 Å². The third-order valence-electron chi connectivity index (χ3n) is 4.33. The Labute approximate surface area is 167 Å². The van der Waals surface area contributed by atoms with E-state index in [0.29, 0.717) is 5.13 Å². The minimum absolute atomic E-state index is 0.685. The van der Waals surface area contributed by atoms with Crippen LogP contribution in [0.25, 0.3) is 5.69 Å². The van der Waals surface area contributed by atoms with E-state index in [1.807, 2.05) is 66.2 Å². The summed E-state index contributed by atoms with van der Waals surface area (Å²) in [6.45, 7) is 1.95. The minimum atomic E-state index is -0.685. The van der Waals surface area contributed by atoms with Crippen LogP contribution in [-0.4, -0.2) is 26.8 Å². The van der Waals surface area contributed by atoms with Gasteiger partial charge in [0.25, 0.3) is 0 Å². The second-order valence-corrected chi connectivity index (χ2v) is 7.38. The maximum absolute atomic E-state index is 10.5. The van der Waals surface area contributed by atoms with Crippen molar-refractivity contribution in [1.29, 1.82) is 0 Å². The summed E-state index contributed by atoms with van der Waals surface area (Å²) in [5.74, 6) is 0.725. The number of benzene rings is 2. The minimum Gasteiger partial charge on any atom is -0.494 e. The number of imidazole rings is 1. The maximum Gasteiger partial charge on any atom is 0.187 e. The van der Waals surface area contributed by atoms with Crippen LogP contribution in [0.3, 0.4) is 0 Å². The van der Waals surface area contributed by atoms with Gasteiger partial charge in [-0.2, -0.15) is 0 Å². The van der Waals surface area contributed by atoms with Crippen molar-refractivity contribution in [2.75, 3.05) is 12.4 Å². The lowest BCUT2D eigenvalue weighted by molar-refractivity contribution is 0.224. The molecule has 2 heterocycles. The molecule has 0 spiro atoms. The number of nitrogens with zero attached hydrogens (tertiary/aromatic N) is 3. The van der Waals surface area contributed by atoms with Crippen LogP contribution in [0.5, 0.6) is 5.75 Å². The molecule has 0 radical (unpaired) electrons. The zero-order valence-corrected chi connectivity index (χ0v) is 16.4. The first-order valence-corrected chi connectivity index (χ1v) is 9.60. The quantitative estimate of drug-likeness (QED) is 0.506. The second-order valence-electron chi connectivity index (χ2n) is 6.31. The molecule has 2 aromatic carbocycles. The average Bonchev–Trinajstić information content (AvgIpc) is 3.37. The number of rotatable bonds is 6. The lowest BCUT2D eigenvalue weighted by Gasteiger charge is -2.11. The smallest absolute Gasteiger partial charge is 0.187 e. The standard InChI is InChI=1S/C21H20N4O2S/c1-14-12-25(13-23-14)17-9-8-16(10-18(17)27-2)24-21-22-11-19(28-21)20(26)15-6-4-3-5-7-15/h3-13,20,26H,1-2H3,(H,22,24). The molecule has 0 fully saturated rings. The van der Waals surface area contributed by atoms with Crippen LogP contribution in [0, 0.1) is 6.92 Å². The van der Waals surface area contributed by atoms with Gasteiger partial charge in [0.05, 0.1) is 29.7 Å². The number of anilines is 2. The van der Waals surface area contributed by atoms with Gasteiger partial charge in [-0.15, -0.1) is 0 Å². The summed E-state index contributed by atoms with van der Waals surface area (Å²) < 4.78 is 7.47. The third kappa shape index (κ3) is 3.76. The van der Waals surface area contributed by atoms with Gasteiger partial charge in [-0.25, -0.2) is 9.97 Å². The fourth-order valence-electron chi connectivity index (χ4n) is 2.92. The van der Waals surface area contributed by atoms with Crippen LogP contribution in [0.2, 0.25) is 0 Å². The molecule has 1 atom stereocenters. The van der Waals surface area contributed by atoms with Gasteiger partial charge in [0.2, 0.25) is 0 Å². The summed E-state index contributed by atoms with van der Waals surface area (Å²) in [5.41, 5.74) is 3.55. The molecule has 6 nitrogen and oxygen atoms in total. The van der Waals surface area contributed by atoms with Gasteiger partial charge < -0.3 is 19.7 Å². The van der Waals surface area contributed by atoms with Crippen molar-refractivity contribution < 1.29 is 9.84 Å². The Morgan fingerprint density at radius 2 is 1.96 bits per heavy atom. The molecule has 0 saturated heterocycles. The van der Waals surface area contributed by atoms with Crippen molar-refractivity contribution in [3.8, 4) is 11.4 Å². The van der Waals surface area contributed by atoms with Crippen LogP contribution >= 0.6 is 11.3 Å². The Morgan fingerprint density at radius 3 is 2.68 bits per heavy atom. The summed E-state index contributed by atoms with van der Waals surface area (Å²) in [6.07, 6.45) is 4.72. The summed E-state index contributed by atoms with van der Waals surface area (Å²) in [6, 6.07) is 15.4. The van der Waals surface area contributed by atoms with Crippen molar-refractivity contribution >= 4 is 22.2 Å². The molecule has 4 aromatic rings. The molecular weight excluding hydrogens is 372 g/mol. The molecule has 28 heavy (non-hydrogen) atoms. The highest BCUT2D eigenvalue weighted by Gasteiger charge is 2.14. The fraction of sp³-hybridized carbons (Fsp3) is 0.143. The van der Waals surface area contributed by atoms with Crippen molar-refractivity contribution in [3.05, 3.63) is 83.4 Å². The first-order chi connectivity index (χ1) is 13.6. The highest BCUT2D eigenvalue weighted by atomic mass is 32.1. The molecule has 0 aliphatic rings. The van der Waals surface area contributed by atoms with E-state index in [-0.39, 0.29) is 0 Å². The number of aliphatic hydroxyl groups excluding tert-OH is 1. The largest absolute Gasteiger partial charge is 0.494 e. The molecule has 4 rings (SSSR count). The lowest BCUT2D eigenvalue weighted by Crippen LogP contribution is -1.97. The van der Waals surface area contributed by atoms with Crippen LogP contribution in [-0.2, 0) is 0 Å². The normalized spacial score (nSPS) is 12.0. The molecular formula is C21H20N4O2S. The zero-order chi connectivity index (χ0) is 19.5. The van der Waals surface area contributed by atoms with Gasteiger partial charge in [-0.3, -0.25) is 0 Å². The second kappa shape index (κ2) is 7.84. The van der Waals surface area contributed by atoms with Crippen LogP contribution in [0.15, 0.2) is 67.3 Å². The monoisotopic (exact) mass is 392 g/mol. The molecule has 0 amide bonds. The Hall–Kier alpha value is -3.16. The molecule has 7 heteroatoms. The van der Waals surface area contributed by atoms with E-state index >= 15 is 0 Å². The third-order valence-corrected chi connectivity index (χ3v) is 5.29. The van der Waals surface area contributed by atoms with Gasteiger partial charge in [-0.05, 0) is 24.6 Å². The number of nitrogens with one attached hydrogen (secondary N) is 1. The van der Waals surface area contributed by atoms with Crippen molar-refractivity contribution in [3.63, 3.8) is 0 Å². The summed E-state index contributed by atoms with van der Waals surface area (Å²) in [5, 5.41) is 14.5. The van der Waals surface area contributed by atoms with Crippen LogP contribution < -0.4 is 10.1 Å². The number of aryl methyl sites for hydroxylation is 1. The molecule has 1 unspecified atom stereocenters. The Morgan fingerprint density at radius 1 is 1.14 bits per heavy atom. The van der Waals surface area contributed by atoms with E-state index in [9.17, 15) is 5.11 Å². The number of aliphatic hydroxyl groups is 1. The predicted octanol–water partition coefficient (Wildman–Crippen LogP) is 4.47. The number of methoxy groups -OCH3 is 1. The molecule has 0 aliphatic heterocycles. The highest BCUT2D eigenvalue weighted by molar-refractivity contribution is 7.15. The Kier molecular flexibility index (Phi) is 5.10. The summed E-state index contributed by atoms with van der Waals surface area (Å²) in [7, 11) is 1.64. The Balaban J connectivity index is 1.54. The average molecular weight is 392 g/mol. The number of hydrogen-bond donors (Lipinski definition) is 2. The van der Waals surface area contributed by atoms with E-state index in [0.717, 1.165) is 33.3 Å². The molecule has 0 bridgehead atoms. The van der Waals surface area contributed by atoms with Crippen LogP contribution in [0.4, 0.5) is 10.8 Å². The van der Waals surface area contributed by atoms with E-state index < -0.39 is 6.10 Å². The molecule has 2 aromatic heterocycles. The molecule has 0 aliphatic carbocycles. The van der Waals surface area contributed by atoms with Gasteiger partial charge in [-0.1, -0.05) is 41.7 Å². The SMILES string of the molecule is COc1cc(Nc2ncc(C(O)c3ccccc3)s2)ccc1-n1cnc(C)c1. The van der Waals surface area contributed by atoms with Gasteiger partial charge in [0.15, 0.2) is 5.13 Å². The van der Waals surface area contributed by atoms with Gasteiger partial charge in [0, 0.05) is 24.1 Å². The molecule has 142 valence electrons. The predicted molar refractivity (Wildman–Crippen MR) is 111 cm³/mol. The summed E-state index contributed by atoms with van der Waals surface area (Å²) >= 11 is 1.42. The number of ether oxygens (including phenoxy) is 1. The molecule has 2 N–H and O–H groups in total. The first-order valence-electron chi connectivity index (χ1n) is 8.79. The van der Waals surface area contributed by atoms with E-state index in [4.69, 9.17) is 4.74 Å². The van der Waals surface area contributed by atoms with E-state index in [2.05, 4.69) is 15.3 Å². The first kappa shape index (κ1) is 18.2. The highest BCUT2D eigenvalue weighted by Crippen LogP contribution is 2.32. The fourth-order valence-corrected chi connectivity index (χ4v) is 3.77. The number of aromatic nitrogens is 3.